The van der Waals surface area contributed by atoms with Crippen molar-refractivity contribution in [1.29, 1.82) is 0 Å². The van der Waals surface area contributed by atoms with E-state index in [1.54, 1.807) is 30.5 Å². The number of anilines is 1. The Kier molecular flexibility index (Phi) is 5.68. The maximum atomic E-state index is 15.1. The first kappa shape index (κ1) is 22.1. The number of halogens is 2. The predicted octanol–water partition coefficient (Wildman–Crippen LogP) is 5.46. The summed E-state index contributed by atoms with van der Waals surface area (Å²) in [4.78, 5) is 10.1. The Labute approximate surface area is 209 Å². The van der Waals surface area contributed by atoms with Gasteiger partial charge in [0, 0.05) is 42.5 Å². The Morgan fingerprint density at radius 1 is 1.03 bits per heavy atom. The fourth-order valence-electron chi connectivity index (χ4n) is 4.55. The molecule has 5 aromatic rings. The van der Waals surface area contributed by atoms with E-state index in [0.717, 1.165) is 18.8 Å². The van der Waals surface area contributed by atoms with Crippen molar-refractivity contribution in [2.24, 2.45) is 0 Å². The van der Waals surface area contributed by atoms with E-state index in [1.807, 2.05) is 30.3 Å². The Hall–Kier alpha value is -3.40. The molecule has 1 saturated heterocycles. The molecule has 3 aromatic heterocycles. The van der Waals surface area contributed by atoms with Gasteiger partial charge in [-0.05, 0) is 36.4 Å². The van der Waals surface area contributed by atoms with Crippen molar-refractivity contribution in [3.8, 4) is 17.5 Å². The lowest BCUT2D eigenvalue weighted by atomic mass is 10.0. The molecule has 0 saturated carbocycles. The van der Waals surface area contributed by atoms with Crippen LogP contribution in [0.15, 0.2) is 71.3 Å². The normalized spacial score (nSPS) is 15.7. The van der Waals surface area contributed by atoms with Crippen molar-refractivity contribution in [2.45, 2.75) is 6.04 Å². The van der Waals surface area contributed by atoms with E-state index in [1.165, 1.54) is 21.9 Å². The van der Waals surface area contributed by atoms with Crippen molar-refractivity contribution in [1.82, 2.24) is 19.5 Å². The van der Waals surface area contributed by atoms with E-state index < -0.39 is 6.04 Å². The van der Waals surface area contributed by atoms with Gasteiger partial charge in [-0.3, -0.25) is 4.90 Å². The van der Waals surface area contributed by atoms with Crippen LogP contribution in [-0.2, 0) is 0 Å². The Balaban J connectivity index is 1.35. The van der Waals surface area contributed by atoms with Gasteiger partial charge < -0.3 is 14.4 Å². The molecule has 0 radical (unpaired) electrons. The second-order valence-electron chi connectivity index (χ2n) is 8.32. The second-order valence-corrected chi connectivity index (χ2v) is 9.77. The van der Waals surface area contributed by atoms with Gasteiger partial charge in [0.05, 0.1) is 17.2 Å². The Bertz CT molecular complexity index is 1480. The molecule has 0 spiro atoms. The molecule has 1 aliphatic rings. The van der Waals surface area contributed by atoms with Gasteiger partial charge in [0.1, 0.15) is 5.82 Å². The number of aromatic hydroxyl groups is 1. The van der Waals surface area contributed by atoms with Crippen molar-refractivity contribution in [3.05, 3.63) is 88.2 Å². The molecule has 6 rings (SSSR count). The summed E-state index contributed by atoms with van der Waals surface area (Å²) in [5.41, 5.74) is 1.57. The van der Waals surface area contributed by atoms with Crippen LogP contribution in [0.1, 0.15) is 16.5 Å². The van der Waals surface area contributed by atoms with Crippen LogP contribution in [0.5, 0.6) is 5.88 Å². The summed E-state index contributed by atoms with van der Waals surface area (Å²) in [5.74, 6) is 0.551. The molecule has 35 heavy (non-hydrogen) atoms. The first-order valence-corrected chi connectivity index (χ1v) is 12.4. The largest absolute Gasteiger partial charge is 0.492 e. The first-order valence-electron chi connectivity index (χ1n) is 11.2. The molecule has 2 aromatic carbocycles. The van der Waals surface area contributed by atoms with Crippen LogP contribution >= 0.6 is 22.9 Å². The monoisotopic (exact) mass is 509 g/mol. The van der Waals surface area contributed by atoms with E-state index in [2.05, 4.69) is 19.9 Å². The third kappa shape index (κ3) is 4.05. The summed E-state index contributed by atoms with van der Waals surface area (Å²) >= 11 is 7.49. The van der Waals surface area contributed by atoms with Gasteiger partial charge in [0.2, 0.25) is 16.7 Å². The molecule has 4 heterocycles. The molecule has 1 aliphatic heterocycles. The average Bonchev–Trinajstić information content (AvgIpc) is 3.60. The topological polar surface area (TPSA) is 70.0 Å². The molecule has 0 unspecified atom stereocenters. The third-order valence-electron chi connectivity index (χ3n) is 6.24. The van der Waals surface area contributed by atoms with E-state index >= 15 is 4.39 Å². The van der Waals surface area contributed by atoms with Crippen molar-refractivity contribution in [3.63, 3.8) is 0 Å². The summed E-state index contributed by atoms with van der Waals surface area (Å²) in [5, 5.41) is 16.3. The number of benzene rings is 2. The van der Waals surface area contributed by atoms with Gasteiger partial charge in [-0.25, -0.2) is 4.39 Å². The molecule has 0 amide bonds. The Morgan fingerprint density at radius 3 is 2.57 bits per heavy atom. The third-order valence-corrected chi connectivity index (χ3v) is 7.55. The Morgan fingerprint density at radius 2 is 1.86 bits per heavy atom. The van der Waals surface area contributed by atoms with Crippen LogP contribution in [-0.4, -0.2) is 50.8 Å². The van der Waals surface area contributed by atoms with Crippen LogP contribution in [0.25, 0.3) is 16.5 Å². The summed E-state index contributed by atoms with van der Waals surface area (Å²) in [6, 6.07) is 17.5. The number of nitrogens with zero attached hydrogens (tertiary/aromatic N) is 5. The summed E-state index contributed by atoms with van der Waals surface area (Å²) in [6.07, 6.45) is 1.55. The highest BCUT2D eigenvalue weighted by Gasteiger charge is 2.33. The highest BCUT2D eigenvalue weighted by molar-refractivity contribution is 7.17. The molecule has 7 nitrogen and oxygen atoms in total. The maximum Gasteiger partial charge on any atom is 0.230 e. The van der Waals surface area contributed by atoms with Gasteiger partial charge in [-0.2, -0.15) is 9.50 Å². The molecule has 1 fully saturated rings. The molecule has 1 atom stereocenters. The SMILES string of the molecule is Oc1c([C@@H](c2ccccc2F)N2CCN(c3cccc(Cl)c3)CC2)sc2nc(-c3ccco3)nn12. The summed E-state index contributed by atoms with van der Waals surface area (Å²) in [6.45, 7) is 2.84. The lowest BCUT2D eigenvalue weighted by molar-refractivity contribution is 0.208. The number of fused-ring (bicyclic) bond motifs is 1. The average molecular weight is 510 g/mol. The number of rotatable bonds is 5. The zero-order chi connectivity index (χ0) is 23.9. The van der Waals surface area contributed by atoms with Crippen molar-refractivity contribution < 1.29 is 13.9 Å². The number of hydrogen-bond donors (Lipinski definition) is 1. The number of piperazine rings is 1. The van der Waals surface area contributed by atoms with Gasteiger partial charge in [-0.1, -0.05) is 47.2 Å². The van der Waals surface area contributed by atoms with Crippen LogP contribution in [0, 0.1) is 5.82 Å². The van der Waals surface area contributed by atoms with Crippen LogP contribution in [0.2, 0.25) is 5.02 Å². The van der Waals surface area contributed by atoms with Gasteiger partial charge in [0.15, 0.2) is 5.76 Å². The smallest absolute Gasteiger partial charge is 0.230 e. The standard InChI is InChI=1S/C25H21ClFN5O2S/c26-16-5-3-6-17(15-16)30-10-12-31(13-11-30)21(18-7-1-2-8-19(18)27)22-24(33)32-25(35-22)28-23(29-32)20-9-4-14-34-20/h1-9,14-15,21,33H,10-13H2/t21-/m1/s1. The lowest BCUT2D eigenvalue weighted by Crippen LogP contribution is -2.48. The summed E-state index contributed by atoms with van der Waals surface area (Å²) in [7, 11) is 0. The van der Waals surface area contributed by atoms with Gasteiger partial charge in [-0.15, -0.1) is 5.10 Å². The predicted molar refractivity (Wildman–Crippen MR) is 134 cm³/mol. The van der Waals surface area contributed by atoms with Crippen LogP contribution in [0.3, 0.4) is 0 Å². The molecular weight excluding hydrogens is 489 g/mol. The van der Waals surface area contributed by atoms with E-state index in [4.69, 9.17) is 16.0 Å². The number of aromatic nitrogens is 3. The van der Waals surface area contributed by atoms with Gasteiger partial charge in [0.25, 0.3) is 0 Å². The zero-order valence-corrected chi connectivity index (χ0v) is 20.1. The van der Waals surface area contributed by atoms with E-state index in [0.29, 0.717) is 45.1 Å². The fraction of sp³-hybridized carbons (Fsp3) is 0.200. The van der Waals surface area contributed by atoms with Gasteiger partial charge >= 0.3 is 0 Å². The highest BCUT2D eigenvalue weighted by Crippen LogP contribution is 2.41. The van der Waals surface area contributed by atoms with Crippen LogP contribution < -0.4 is 4.90 Å². The van der Waals surface area contributed by atoms with E-state index in [-0.39, 0.29) is 11.7 Å². The molecule has 0 bridgehead atoms. The minimum Gasteiger partial charge on any atom is -0.492 e. The zero-order valence-electron chi connectivity index (χ0n) is 18.5. The number of furan rings is 1. The molecular formula is C25H21ClFN5O2S. The second kappa shape index (κ2) is 8.99. The number of hydrogen-bond acceptors (Lipinski definition) is 7. The van der Waals surface area contributed by atoms with Crippen molar-refractivity contribution in [2.75, 3.05) is 31.1 Å². The van der Waals surface area contributed by atoms with Crippen LogP contribution in [0.4, 0.5) is 10.1 Å². The summed E-state index contributed by atoms with van der Waals surface area (Å²) < 4.78 is 21.8. The molecule has 10 heteroatoms. The highest BCUT2D eigenvalue weighted by atomic mass is 35.5. The van der Waals surface area contributed by atoms with E-state index in [9.17, 15) is 5.11 Å². The minimum absolute atomic E-state index is 0.0409. The fourth-order valence-corrected chi connectivity index (χ4v) is 5.84. The maximum absolute atomic E-state index is 15.1. The molecule has 178 valence electrons. The van der Waals surface area contributed by atoms with Crippen molar-refractivity contribution >= 4 is 33.6 Å². The number of thiazole rings is 1. The first-order chi connectivity index (χ1) is 17.1. The quantitative estimate of drug-likeness (QED) is 0.339. The lowest BCUT2D eigenvalue weighted by Gasteiger charge is -2.40. The minimum atomic E-state index is -0.474. The molecule has 1 N–H and O–H groups in total. The molecule has 0 aliphatic carbocycles.